The SMILES string of the molecule is C#CCN[C@@H]1CCCN(C(=O)OC(C)(C)C)C1. The smallest absolute Gasteiger partial charge is 0.410 e. The molecule has 96 valence electrons. The van der Waals surface area contributed by atoms with Crippen LogP contribution in [0.2, 0.25) is 0 Å². The Morgan fingerprint density at radius 3 is 2.88 bits per heavy atom. The van der Waals surface area contributed by atoms with Crippen molar-refractivity contribution in [3.05, 3.63) is 0 Å². The van der Waals surface area contributed by atoms with Crippen molar-refractivity contribution in [3.8, 4) is 12.3 Å². The van der Waals surface area contributed by atoms with Gasteiger partial charge in [-0.1, -0.05) is 5.92 Å². The van der Waals surface area contributed by atoms with Crippen molar-refractivity contribution >= 4 is 6.09 Å². The van der Waals surface area contributed by atoms with Gasteiger partial charge in [0.25, 0.3) is 0 Å². The van der Waals surface area contributed by atoms with E-state index in [2.05, 4.69) is 11.2 Å². The predicted molar refractivity (Wildman–Crippen MR) is 67.7 cm³/mol. The molecule has 0 spiro atoms. The maximum atomic E-state index is 11.9. The summed E-state index contributed by atoms with van der Waals surface area (Å²) in [5.74, 6) is 2.55. The Balaban J connectivity index is 2.43. The van der Waals surface area contributed by atoms with Crippen LogP contribution in [-0.4, -0.2) is 42.3 Å². The number of piperidine rings is 1. The lowest BCUT2D eigenvalue weighted by atomic mass is 10.1. The van der Waals surface area contributed by atoms with E-state index in [-0.39, 0.29) is 12.1 Å². The van der Waals surface area contributed by atoms with Crippen molar-refractivity contribution in [3.63, 3.8) is 0 Å². The number of ether oxygens (including phenoxy) is 1. The van der Waals surface area contributed by atoms with Gasteiger partial charge in [0.15, 0.2) is 0 Å². The second-order valence-corrected chi connectivity index (χ2v) is 5.35. The molecule has 0 radical (unpaired) electrons. The molecule has 1 rings (SSSR count). The molecule has 1 heterocycles. The fourth-order valence-corrected chi connectivity index (χ4v) is 1.84. The van der Waals surface area contributed by atoms with Crippen LogP contribution in [0.5, 0.6) is 0 Å². The van der Waals surface area contributed by atoms with Gasteiger partial charge in [0.2, 0.25) is 0 Å². The van der Waals surface area contributed by atoms with E-state index in [1.807, 2.05) is 20.8 Å². The second-order valence-electron chi connectivity index (χ2n) is 5.35. The minimum atomic E-state index is -0.434. The number of likely N-dealkylation sites (tertiary alicyclic amines) is 1. The van der Waals surface area contributed by atoms with E-state index in [9.17, 15) is 4.79 Å². The Hall–Kier alpha value is -1.21. The van der Waals surface area contributed by atoms with E-state index in [4.69, 9.17) is 11.2 Å². The molecule has 1 N–H and O–H groups in total. The molecule has 0 unspecified atom stereocenters. The van der Waals surface area contributed by atoms with Crippen LogP contribution in [0, 0.1) is 12.3 Å². The number of terminal acetylenes is 1. The fourth-order valence-electron chi connectivity index (χ4n) is 1.84. The summed E-state index contributed by atoms with van der Waals surface area (Å²) >= 11 is 0. The van der Waals surface area contributed by atoms with Crippen molar-refractivity contribution in [1.82, 2.24) is 10.2 Å². The highest BCUT2D eigenvalue weighted by atomic mass is 16.6. The number of amides is 1. The number of carbonyl (C=O) groups excluding carboxylic acids is 1. The average molecular weight is 238 g/mol. The molecule has 0 saturated carbocycles. The molecule has 1 saturated heterocycles. The molecule has 1 amide bonds. The largest absolute Gasteiger partial charge is 0.444 e. The molecule has 1 atom stereocenters. The summed E-state index contributed by atoms with van der Waals surface area (Å²) in [4.78, 5) is 13.6. The number of carbonyl (C=O) groups is 1. The minimum Gasteiger partial charge on any atom is -0.444 e. The number of nitrogens with zero attached hydrogens (tertiary/aromatic N) is 1. The van der Waals surface area contributed by atoms with Crippen molar-refractivity contribution in [2.75, 3.05) is 19.6 Å². The molecule has 0 aromatic heterocycles. The quantitative estimate of drug-likeness (QED) is 0.743. The van der Waals surface area contributed by atoms with Gasteiger partial charge >= 0.3 is 6.09 Å². The van der Waals surface area contributed by atoms with Crippen molar-refractivity contribution in [2.24, 2.45) is 0 Å². The highest BCUT2D eigenvalue weighted by molar-refractivity contribution is 5.68. The molecule has 0 aliphatic carbocycles. The molecular formula is C13H22N2O2. The van der Waals surface area contributed by atoms with E-state index < -0.39 is 5.60 Å². The van der Waals surface area contributed by atoms with Crippen LogP contribution in [0.4, 0.5) is 4.79 Å². The number of rotatable bonds is 2. The summed E-state index contributed by atoms with van der Waals surface area (Å²) in [5, 5.41) is 3.23. The van der Waals surface area contributed by atoms with Crippen molar-refractivity contribution in [1.29, 1.82) is 0 Å². The highest BCUT2D eigenvalue weighted by Gasteiger charge is 2.27. The minimum absolute atomic E-state index is 0.232. The van der Waals surface area contributed by atoms with Gasteiger partial charge in [-0.05, 0) is 33.6 Å². The highest BCUT2D eigenvalue weighted by Crippen LogP contribution is 2.15. The van der Waals surface area contributed by atoms with Crippen LogP contribution in [0.15, 0.2) is 0 Å². The van der Waals surface area contributed by atoms with Crippen LogP contribution in [0.1, 0.15) is 33.6 Å². The van der Waals surface area contributed by atoms with Crippen molar-refractivity contribution < 1.29 is 9.53 Å². The van der Waals surface area contributed by atoms with Gasteiger partial charge < -0.3 is 15.0 Å². The Morgan fingerprint density at radius 2 is 2.29 bits per heavy atom. The Labute approximate surface area is 104 Å². The van der Waals surface area contributed by atoms with Gasteiger partial charge in [0, 0.05) is 19.1 Å². The summed E-state index contributed by atoms with van der Waals surface area (Å²) in [6.07, 6.45) is 7.02. The van der Waals surface area contributed by atoms with E-state index in [1.165, 1.54) is 0 Å². The third kappa shape index (κ3) is 5.10. The normalized spacial score (nSPS) is 20.8. The van der Waals surface area contributed by atoms with Gasteiger partial charge in [-0.15, -0.1) is 6.42 Å². The van der Waals surface area contributed by atoms with Gasteiger partial charge in [0.05, 0.1) is 6.54 Å². The molecule has 4 nitrogen and oxygen atoms in total. The van der Waals surface area contributed by atoms with Crippen LogP contribution in [0.25, 0.3) is 0 Å². The summed E-state index contributed by atoms with van der Waals surface area (Å²) in [6.45, 7) is 7.63. The third-order valence-corrected chi connectivity index (χ3v) is 2.57. The zero-order valence-electron chi connectivity index (χ0n) is 11.0. The summed E-state index contributed by atoms with van der Waals surface area (Å²) in [5.41, 5.74) is -0.434. The van der Waals surface area contributed by atoms with Crippen molar-refractivity contribution in [2.45, 2.75) is 45.3 Å². The molecule has 17 heavy (non-hydrogen) atoms. The summed E-state index contributed by atoms with van der Waals surface area (Å²) in [6, 6.07) is 0.285. The number of hydrogen-bond donors (Lipinski definition) is 1. The summed E-state index contributed by atoms with van der Waals surface area (Å²) in [7, 11) is 0. The van der Waals surface area contributed by atoms with Gasteiger partial charge in [0.1, 0.15) is 5.60 Å². The van der Waals surface area contributed by atoms with Crippen LogP contribution < -0.4 is 5.32 Å². The maximum Gasteiger partial charge on any atom is 0.410 e. The van der Waals surface area contributed by atoms with Gasteiger partial charge in [-0.3, -0.25) is 0 Å². The fraction of sp³-hybridized carbons (Fsp3) is 0.769. The topological polar surface area (TPSA) is 41.6 Å². The molecule has 0 aromatic carbocycles. The lowest BCUT2D eigenvalue weighted by Gasteiger charge is -2.34. The average Bonchev–Trinajstić information content (AvgIpc) is 2.24. The van der Waals surface area contributed by atoms with Gasteiger partial charge in [-0.2, -0.15) is 0 Å². The lowest BCUT2D eigenvalue weighted by Crippen LogP contribution is -2.49. The molecular weight excluding hydrogens is 216 g/mol. The molecule has 1 fully saturated rings. The first kappa shape index (κ1) is 13.9. The van der Waals surface area contributed by atoms with E-state index in [0.717, 1.165) is 19.4 Å². The third-order valence-electron chi connectivity index (χ3n) is 2.57. The van der Waals surface area contributed by atoms with Crippen LogP contribution >= 0.6 is 0 Å². The zero-order valence-corrected chi connectivity index (χ0v) is 11.0. The zero-order chi connectivity index (χ0) is 12.9. The van der Waals surface area contributed by atoms with Crippen LogP contribution in [0.3, 0.4) is 0 Å². The molecule has 4 heteroatoms. The Kier molecular flexibility index (Phi) is 4.83. The first-order chi connectivity index (χ1) is 7.92. The standard InChI is InChI=1S/C13H22N2O2/c1-5-8-14-11-7-6-9-15(10-11)12(16)17-13(2,3)4/h1,11,14H,6-10H2,2-4H3/t11-/m1/s1. The Morgan fingerprint density at radius 1 is 1.59 bits per heavy atom. The maximum absolute atomic E-state index is 11.9. The first-order valence-corrected chi connectivity index (χ1v) is 6.07. The molecule has 0 aromatic rings. The monoisotopic (exact) mass is 238 g/mol. The molecule has 1 aliphatic heterocycles. The Bertz CT molecular complexity index is 302. The first-order valence-electron chi connectivity index (χ1n) is 6.07. The van der Waals surface area contributed by atoms with E-state index >= 15 is 0 Å². The predicted octanol–water partition coefficient (Wildman–Crippen LogP) is 1.61. The lowest BCUT2D eigenvalue weighted by molar-refractivity contribution is 0.0189. The van der Waals surface area contributed by atoms with Gasteiger partial charge in [-0.25, -0.2) is 4.79 Å². The number of hydrogen-bond acceptors (Lipinski definition) is 3. The van der Waals surface area contributed by atoms with E-state index in [1.54, 1.807) is 4.90 Å². The van der Waals surface area contributed by atoms with E-state index in [0.29, 0.717) is 13.1 Å². The van der Waals surface area contributed by atoms with Crippen LogP contribution in [-0.2, 0) is 4.74 Å². The molecule has 0 bridgehead atoms. The number of nitrogens with one attached hydrogen (secondary N) is 1. The summed E-state index contributed by atoms with van der Waals surface area (Å²) < 4.78 is 5.35. The molecule has 1 aliphatic rings. The second kappa shape index (κ2) is 5.92.